The van der Waals surface area contributed by atoms with E-state index in [4.69, 9.17) is 4.74 Å². The van der Waals surface area contributed by atoms with Crippen LogP contribution < -0.4 is 4.90 Å². The van der Waals surface area contributed by atoms with Crippen molar-refractivity contribution in [1.29, 1.82) is 0 Å². The lowest BCUT2D eigenvalue weighted by molar-refractivity contribution is 0.123. The summed E-state index contributed by atoms with van der Waals surface area (Å²) in [6.45, 7) is 3.52. The highest BCUT2D eigenvalue weighted by molar-refractivity contribution is 9.11. The fraction of sp³-hybridized carbons (Fsp3) is 0.571. The van der Waals surface area contributed by atoms with E-state index >= 15 is 0 Å². The van der Waals surface area contributed by atoms with Gasteiger partial charge in [0.1, 0.15) is 9.60 Å². The Bertz CT molecular complexity index is 299. The Morgan fingerprint density at radius 3 is 2.54 bits per heavy atom. The van der Waals surface area contributed by atoms with Crippen molar-refractivity contribution in [3.8, 4) is 0 Å². The first-order valence-corrected chi connectivity index (χ1v) is 6.32. The summed E-state index contributed by atoms with van der Waals surface area (Å²) in [7, 11) is 0. The van der Waals surface area contributed by atoms with E-state index in [1.807, 2.05) is 0 Å². The predicted octanol–water partition coefficient (Wildman–Crippen LogP) is 2.50. The van der Waals surface area contributed by atoms with Crippen molar-refractivity contribution in [2.24, 2.45) is 0 Å². The largest absolute Gasteiger partial charge is 0.378 e. The Morgan fingerprint density at radius 1 is 1.31 bits per heavy atom. The molecular formula is C7H8Br2N2OS. The van der Waals surface area contributed by atoms with Crippen LogP contribution in [0.1, 0.15) is 0 Å². The molecule has 72 valence electrons. The van der Waals surface area contributed by atoms with E-state index in [1.54, 1.807) is 11.3 Å². The fourth-order valence-electron chi connectivity index (χ4n) is 1.23. The average Bonchev–Trinajstić information content (AvgIpc) is 2.47. The number of morpholine rings is 1. The van der Waals surface area contributed by atoms with Gasteiger partial charge in [0.15, 0.2) is 3.92 Å². The van der Waals surface area contributed by atoms with Gasteiger partial charge >= 0.3 is 0 Å². The molecule has 6 heteroatoms. The molecule has 1 aliphatic heterocycles. The maximum atomic E-state index is 5.28. The second-order valence-electron chi connectivity index (χ2n) is 2.66. The summed E-state index contributed by atoms with van der Waals surface area (Å²) in [5.41, 5.74) is 0. The summed E-state index contributed by atoms with van der Waals surface area (Å²) in [4.78, 5) is 6.54. The fourth-order valence-corrected chi connectivity index (χ4v) is 3.63. The van der Waals surface area contributed by atoms with E-state index < -0.39 is 0 Å². The second-order valence-corrected chi connectivity index (χ2v) is 5.67. The second kappa shape index (κ2) is 4.25. The van der Waals surface area contributed by atoms with Crippen LogP contribution in [0.2, 0.25) is 0 Å². The molecule has 0 atom stereocenters. The SMILES string of the molecule is Brc1nc(Br)c(N2CCOCC2)s1. The summed E-state index contributed by atoms with van der Waals surface area (Å²) in [5.74, 6) is 0. The molecule has 1 fully saturated rings. The molecule has 0 spiro atoms. The van der Waals surface area contributed by atoms with Crippen LogP contribution in [-0.2, 0) is 4.74 Å². The highest BCUT2D eigenvalue weighted by Crippen LogP contribution is 2.35. The number of thiazole rings is 1. The topological polar surface area (TPSA) is 25.4 Å². The van der Waals surface area contributed by atoms with Gasteiger partial charge in [-0.25, -0.2) is 4.98 Å². The van der Waals surface area contributed by atoms with E-state index in [0.29, 0.717) is 0 Å². The molecule has 0 N–H and O–H groups in total. The monoisotopic (exact) mass is 326 g/mol. The summed E-state index contributed by atoms with van der Waals surface area (Å²) in [6.07, 6.45) is 0. The standard InChI is InChI=1S/C7H8Br2N2OS/c8-5-6(13-7(9)10-5)11-1-3-12-4-2-11/h1-4H2. The van der Waals surface area contributed by atoms with Crippen molar-refractivity contribution in [2.45, 2.75) is 0 Å². The summed E-state index contributed by atoms with van der Waals surface area (Å²) in [5, 5.41) is 1.19. The van der Waals surface area contributed by atoms with E-state index in [0.717, 1.165) is 34.8 Å². The number of anilines is 1. The Labute approximate surface area is 97.4 Å². The zero-order valence-corrected chi connectivity index (χ0v) is 10.8. The van der Waals surface area contributed by atoms with Gasteiger partial charge in [0, 0.05) is 13.1 Å². The molecule has 1 saturated heterocycles. The van der Waals surface area contributed by atoms with Crippen molar-refractivity contribution in [3.05, 3.63) is 8.52 Å². The summed E-state index contributed by atoms with van der Waals surface area (Å²) >= 11 is 8.46. The zero-order valence-electron chi connectivity index (χ0n) is 6.80. The number of hydrogen-bond acceptors (Lipinski definition) is 4. The molecule has 0 amide bonds. The number of hydrogen-bond donors (Lipinski definition) is 0. The quantitative estimate of drug-likeness (QED) is 0.792. The third-order valence-corrected chi connectivity index (χ3v) is 4.22. The van der Waals surface area contributed by atoms with Crippen LogP contribution in [0.25, 0.3) is 0 Å². The molecule has 2 rings (SSSR count). The van der Waals surface area contributed by atoms with Gasteiger partial charge in [-0.2, -0.15) is 0 Å². The molecule has 0 radical (unpaired) electrons. The summed E-state index contributed by atoms with van der Waals surface area (Å²) < 4.78 is 7.12. The van der Waals surface area contributed by atoms with Gasteiger partial charge < -0.3 is 9.64 Å². The molecule has 0 aliphatic carbocycles. The number of nitrogens with zero attached hydrogens (tertiary/aromatic N) is 2. The molecule has 0 unspecified atom stereocenters. The van der Waals surface area contributed by atoms with Gasteiger partial charge in [-0.1, -0.05) is 11.3 Å². The smallest absolute Gasteiger partial charge is 0.162 e. The third-order valence-electron chi connectivity index (χ3n) is 1.84. The Kier molecular flexibility index (Phi) is 3.23. The molecule has 1 aromatic heterocycles. The van der Waals surface area contributed by atoms with Crippen molar-refractivity contribution < 1.29 is 4.74 Å². The lowest BCUT2D eigenvalue weighted by Gasteiger charge is -2.27. The molecule has 1 aliphatic rings. The molecule has 0 bridgehead atoms. The maximum absolute atomic E-state index is 5.28. The molecule has 2 heterocycles. The molecule has 13 heavy (non-hydrogen) atoms. The lowest BCUT2D eigenvalue weighted by Crippen LogP contribution is -2.35. The van der Waals surface area contributed by atoms with Crippen LogP contribution in [0.4, 0.5) is 5.00 Å². The van der Waals surface area contributed by atoms with Gasteiger partial charge in [0.2, 0.25) is 0 Å². The molecular weight excluding hydrogens is 320 g/mol. The first-order chi connectivity index (χ1) is 6.27. The molecule has 3 nitrogen and oxygen atoms in total. The van der Waals surface area contributed by atoms with Crippen LogP contribution in [-0.4, -0.2) is 31.3 Å². The third kappa shape index (κ3) is 2.23. The van der Waals surface area contributed by atoms with E-state index in [-0.39, 0.29) is 0 Å². The van der Waals surface area contributed by atoms with Crippen LogP contribution in [0.3, 0.4) is 0 Å². The van der Waals surface area contributed by atoms with Crippen LogP contribution in [0.5, 0.6) is 0 Å². The minimum atomic E-state index is 0.807. The van der Waals surface area contributed by atoms with Gasteiger partial charge in [0.05, 0.1) is 13.2 Å². The number of ether oxygens (including phenoxy) is 1. The van der Waals surface area contributed by atoms with E-state index in [2.05, 4.69) is 41.7 Å². The first-order valence-electron chi connectivity index (χ1n) is 3.92. The molecule has 1 aromatic rings. The van der Waals surface area contributed by atoms with Crippen molar-refractivity contribution in [3.63, 3.8) is 0 Å². The predicted molar refractivity (Wildman–Crippen MR) is 60.5 cm³/mol. The number of rotatable bonds is 1. The lowest BCUT2D eigenvalue weighted by atomic mass is 10.4. The normalized spacial score (nSPS) is 17.8. The average molecular weight is 328 g/mol. The van der Waals surface area contributed by atoms with Crippen molar-refractivity contribution >= 4 is 48.2 Å². The Hall–Kier alpha value is 0.350. The van der Waals surface area contributed by atoms with Crippen LogP contribution in [0.15, 0.2) is 8.52 Å². The van der Waals surface area contributed by atoms with Crippen molar-refractivity contribution in [1.82, 2.24) is 4.98 Å². The highest BCUT2D eigenvalue weighted by atomic mass is 79.9. The Morgan fingerprint density at radius 2 is 2.00 bits per heavy atom. The van der Waals surface area contributed by atoms with E-state index in [9.17, 15) is 0 Å². The first kappa shape index (κ1) is 9.89. The highest BCUT2D eigenvalue weighted by Gasteiger charge is 2.17. The molecule has 0 saturated carbocycles. The Balaban J connectivity index is 2.18. The zero-order chi connectivity index (χ0) is 9.26. The number of halogens is 2. The van der Waals surface area contributed by atoms with E-state index in [1.165, 1.54) is 5.00 Å². The van der Waals surface area contributed by atoms with Gasteiger partial charge in [-0.3, -0.25) is 0 Å². The van der Waals surface area contributed by atoms with Crippen molar-refractivity contribution in [2.75, 3.05) is 31.2 Å². The van der Waals surface area contributed by atoms with Crippen LogP contribution in [0, 0.1) is 0 Å². The number of aromatic nitrogens is 1. The minimum absolute atomic E-state index is 0.807. The van der Waals surface area contributed by atoms with Crippen LogP contribution >= 0.6 is 43.2 Å². The maximum Gasteiger partial charge on any atom is 0.162 e. The molecule has 0 aromatic carbocycles. The minimum Gasteiger partial charge on any atom is -0.378 e. The van der Waals surface area contributed by atoms with Gasteiger partial charge in [0.25, 0.3) is 0 Å². The van der Waals surface area contributed by atoms with Gasteiger partial charge in [-0.15, -0.1) is 0 Å². The summed E-state index contributed by atoms with van der Waals surface area (Å²) in [6, 6.07) is 0. The van der Waals surface area contributed by atoms with Gasteiger partial charge in [-0.05, 0) is 31.9 Å².